The average molecular weight is 286 g/mol. The van der Waals surface area contributed by atoms with Crippen LogP contribution in [0.4, 0.5) is 5.69 Å². The molecule has 1 aromatic heterocycles. The summed E-state index contributed by atoms with van der Waals surface area (Å²) in [7, 11) is 0. The highest BCUT2D eigenvalue weighted by atomic mass is 16.5. The number of benzene rings is 1. The summed E-state index contributed by atoms with van der Waals surface area (Å²) in [5.41, 5.74) is 3.12. The van der Waals surface area contributed by atoms with Crippen LogP contribution >= 0.6 is 0 Å². The van der Waals surface area contributed by atoms with Crippen LogP contribution in [0.25, 0.3) is 0 Å². The fourth-order valence-corrected chi connectivity index (χ4v) is 2.07. The van der Waals surface area contributed by atoms with Crippen LogP contribution in [-0.2, 0) is 6.54 Å². The third-order valence-corrected chi connectivity index (χ3v) is 3.13. The number of nitrogens with zero attached hydrogens (tertiary/aromatic N) is 1. The highest BCUT2D eigenvalue weighted by Gasteiger charge is 2.07. The Labute approximate surface area is 126 Å². The molecule has 0 bridgehead atoms. The number of aromatic nitrogens is 1. The first-order valence-corrected chi connectivity index (χ1v) is 7.28. The van der Waals surface area contributed by atoms with E-state index in [0.29, 0.717) is 19.8 Å². The van der Waals surface area contributed by atoms with E-state index >= 15 is 0 Å². The van der Waals surface area contributed by atoms with Gasteiger partial charge in [-0.15, -0.1) is 0 Å². The summed E-state index contributed by atoms with van der Waals surface area (Å²) in [5, 5.41) is 3.39. The molecule has 112 valence electrons. The monoisotopic (exact) mass is 286 g/mol. The zero-order valence-corrected chi connectivity index (χ0v) is 12.8. The summed E-state index contributed by atoms with van der Waals surface area (Å²) >= 11 is 0. The van der Waals surface area contributed by atoms with Crippen LogP contribution in [0.2, 0.25) is 0 Å². The second-order valence-electron chi connectivity index (χ2n) is 4.64. The number of nitrogens with one attached hydrogen (secondary N) is 1. The molecule has 0 amide bonds. The van der Waals surface area contributed by atoms with E-state index in [9.17, 15) is 0 Å². The SMILES string of the molecule is CCOc1ccc(OCC)c(NCc2ncccc2C)c1. The summed E-state index contributed by atoms with van der Waals surface area (Å²) in [6.07, 6.45) is 1.81. The summed E-state index contributed by atoms with van der Waals surface area (Å²) in [6.45, 7) is 7.94. The van der Waals surface area contributed by atoms with E-state index < -0.39 is 0 Å². The number of aryl methyl sites for hydroxylation is 1. The molecular weight excluding hydrogens is 264 g/mol. The molecule has 0 aliphatic rings. The van der Waals surface area contributed by atoms with Crippen LogP contribution < -0.4 is 14.8 Å². The van der Waals surface area contributed by atoms with Gasteiger partial charge >= 0.3 is 0 Å². The zero-order chi connectivity index (χ0) is 15.1. The topological polar surface area (TPSA) is 43.4 Å². The molecule has 4 nitrogen and oxygen atoms in total. The number of anilines is 1. The normalized spacial score (nSPS) is 10.2. The van der Waals surface area contributed by atoms with Crippen molar-refractivity contribution in [3.63, 3.8) is 0 Å². The smallest absolute Gasteiger partial charge is 0.142 e. The van der Waals surface area contributed by atoms with E-state index in [-0.39, 0.29) is 0 Å². The van der Waals surface area contributed by atoms with Gasteiger partial charge in [0.2, 0.25) is 0 Å². The number of pyridine rings is 1. The lowest BCUT2D eigenvalue weighted by Crippen LogP contribution is -2.06. The molecule has 1 N–H and O–H groups in total. The third kappa shape index (κ3) is 4.12. The van der Waals surface area contributed by atoms with Gasteiger partial charge in [-0.25, -0.2) is 0 Å². The molecule has 0 saturated heterocycles. The van der Waals surface area contributed by atoms with Gasteiger partial charge in [0, 0.05) is 12.3 Å². The van der Waals surface area contributed by atoms with Crippen LogP contribution in [0.15, 0.2) is 36.5 Å². The van der Waals surface area contributed by atoms with E-state index in [1.54, 1.807) is 0 Å². The highest BCUT2D eigenvalue weighted by Crippen LogP contribution is 2.29. The molecule has 1 heterocycles. The minimum atomic E-state index is 0.630. The molecule has 2 rings (SSSR count). The molecule has 0 fully saturated rings. The molecule has 0 spiro atoms. The van der Waals surface area contributed by atoms with E-state index in [1.165, 1.54) is 5.56 Å². The highest BCUT2D eigenvalue weighted by molar-refractivity contribution is 5.60. The van der Waals surface area contributed by atoms with Gasteiger partial charge in [-0.2, -0.15) is 0 Å². The number of hydrogen-bond acceptors (Lipinski definition) is 4. The summed E-state index contributed by atoms with van der Waals surface area (Å²) in [5.74, 6) is 1.66. The van der Waals surface area contributed by atoms with Crippen molar-refractivity contribution in [1.82, 2.24) is 4.98 Å². The molecule has 0 saturated carbocycles. The molecule has 0 unspecified atom stereocenters. The minimum Gasteiger partial charge on any atom is -0.494 e. The van der Waals surface area contributed by atoms with Gasteiger partial charge in [0.05, 0.1) is 31.1 Å². The first-order valence-electron chi connectivity index (χ1n) is 7.28. The standard InChI is InChI=1S/C17H22N2O2/c1-4-20-14-8-9-17(21-5-2)15(11-14)19-12-16-13(3)7-6-10-18-16/h6-11,19H,4-5,12H2,1-3H3. The lowest BCUT2D eigenvalue weighted by atomic mass is 10.2. The molecule has 0 atom stereocenters. The maximum Gasteiger partial charge on any atom is 0.142 e. The molecule has 1 aromatic carbocycles. The van der Waals surface area contributed by atoms with Crippen molar-refractivity contribution in [3.05, 3.63) is 47.8 Å². The Kier molecular flexibility index (Phi) is 5.43. The fraction of sp³-hybridized carbons (Fsp3) is 0.353. The summed E-state index contributed by atoms with van der Waals surface area (Å²) in [4.78, 5) is 4.39. The number of ether oxygens (including phenoxy) is 2. The van der Waals surface area contributed by atoms with Crippen molar-refractivity contribution in [2.45, 2.75) is 27.3 Å². The minimum absolute atomic E-state index is 0.630. The Morgan fingerprint density at radius 2 is 1.90 bits per heavy atom. The van der Waals surface area contributed by atoms with Gasteiger partial charge in [0.25, 0.3) is 0 Å². The van der Waals surface area contributed by atoms with Crippen LogP contribution in [0.1, 0.15) is 25.1 Å². The molecule has 0 radical (unpaired) electrons. The van der Waals surface area contributed by atoms with Crippen molar-refractivity contribution in [2.75, 3.05) is 18.5 Å². The maximum absolute atomic E-state index is 5.65. The molecular formula is C17H22N2O2. The Morgan fingerprint density at radius 1 is 1.10 bits per heavy atom. The van der Waals surface area contributed by atoms with Crippen molar-refractivity contribution >= 4 is 5.69 Å². The number of hydrogen-bond donors (Lipinski definition) is 1. The van der Waals surface area contributed by atoms with Crippen molar-refractivity contribution < 1.29 is 9.47 Å². The fourth-order valence-electron chi connectivity index (χ4n) is 2.07. The Morgan fingerprint density at radius 3 is 2.62 bits per heavy atom. The first-order chi connectivity index (χ1) is 10.2. The van der Waals surface area contributed by atoms with Crippen LogP contribution in [0.5, 0.6) is 11.5 Å². The van der Waals surface area contributed by atoms with Gasteiger partial charge in [-0.1, -0.05) is 6.07 Å². The zero-order valence-electron chi connectivity index (χ0n) is 12.8. The van der Waals surface area contributed by atoms with Crippen LogP contribution in [-0.4, -0.2) is 18.2 Å². The van der Waals surface area contributed by atoms with Gasteiger partial charge < -0.3 is 14.8 Å². The predicted molar refractivity (Wildman–Crippen MR) is 85.1 cm³/mol. The van der Waals surface area contributed by atoms with Crippen molar-refractivity contribution in [2.24, 2.45) is 0 Å². The van der Waals surface area contributed by atoms with E-state index in [1.807, 2.05) is 44.3 Å². The molecule has 21 heavy (non-hydrogen) atoms. The Hall–Kier alpha value is -2.23. The first kappa shape index (κ1) is 15.2. The van der Waals surface area contributed by atoms with Crippen molar-refractivity contribution in [1.29, 1.82) is 0 Å². The third-order valence-electron chi connectivity index (χ3n) is 3.13. The Balaban J connectivity index is 2.16. The van der Waals surface area contributed by atoms with E-state index in [2.05, 4.69) is 23.3 Å². The summed E-state index contributed by atoms with van der Waals surface area (Å²) in [6, 6.07) is 9.82. The lowest BCUT2D eigenvalue weighted by Gasteiger charge is -2.14. The second kappa shape index (κ2) is 7.53. The van der Waals surface area contributed by atoms with Gasteiger partial charge in [-0.05, 0) is 44.5 Å². The predicted octanol–water partition coefficient (Wildman–Crippen LogP) is 3.80. The average Bonchev–Trinajstić information content (AvgIpc) is 2.49. The number of rotatable bonds is 7. The molecule has 4 heteroatoms. The van der Waals surface area contributed by atoms with Gasteiger partial charge in [0.15, 0.2) is 0 Å². The molecule has 0 aliphatic carbocycles. The van der Waals surface area contributed by atoms with Gasteiger partial charge in [-0.3, -0.25) is 4.98 Å². The Bertz CT molecular complexity index is 585. The maximum atomic E-state index is 5.65. The largest absolute Gasteiger partial charge is 0.494 e. The van der Waals surface area contributed by atoms with E-state index in [0.717, 1.165) is 22.9 Å². The van der Waals surface area contributed by atoms with Crippen LogP contribution in [0, 0.1) is 6.92 Å². The molecule has 2 aromatic rings. The van der Waals surface area contributed by atoms with E-state index in [4.69, 9.17) is 9.47 Å². The van der Waals surface area contributed by atoms with Gasteiger partial charge in [0.1, 0.15) is 11.5 Å². The molecule has 0 aliphatic heterocycles. The summed E-state index contributed by atoms with van der Waals surface area (Å²) < 4.78 is 11.2. The van der Waals surface area contributed by atoms with Crippen molar-refractivity contribution in [3.8, 4) is 11.5 Å². The van der Waals surface area contributed by atoms with Crippen LogP contribution in [0.3, 0.4) is 0 Å². The lowest BCUT2D eigenvalue weighted by molar-refractivity contribution is 0.332. The quantitative estimate of drug-likeness (QED) is 0.840. The second-order valence-corrected chi connectivity index (χ2v) is 4.64.